The molecular weight excluding hydrogens is 440 g/mol. The van der Waals surface area contributed by atoms with Crippen molar-refractivity contribution in [2.75, 3.05) is 0 Å². The van der Waals surface area contributed by atoms with Crippen LogP contribution < -0.4 is 0 Å². The average molecular weight is 489 g/mol. The normalized spacial score (nSPS) is 43.6. The summed E-state index contributed by atoms with van der Waals surface area (Å²) in [5, 5.41) is 29.8. The van der Waals surface area contributed by atoms with Crippen molar-refractivity contribution in [2.45, 2.75) is 118 Å². The molecule has 4 aliphatic carbocycles. The van der Waals surface area contributed by atoms with Gasteiger partial charge in [-0.3, -0.25) is 4.79 Å². The van der Waals surface area contributed by atoms with Crippen LogP contribution in [0.4, 0.5) is 0 Å². The van der Waals surface area contributed by atoms with Crippen LogP contribution in [0, 0.1) is 45.3 Å². The van der Waals surface area contributed by atoms with Gasteiger partial charge in [0.25, 0.3) is 0 Å². The van der Waals surface area contributed by atoms with Gasteiger partial charge in [-0.25, -0.2) is 4.79 Å². The van der Waals surface area contributed by atoms with Gasteiger partial charge in [-0.1, -0.05) is 26.8 Å². The molecule has 4 aliphatic rings. The molecule has 5 heteroatoms. The van der Waals surface area contributed by atoms with Crippen molar-refractivity contribution >= 4 is 11.9 Å². The molecule has 1 unspecified atom stereocenters. The average Bonchev–Trinajstić information content (AvgIpc) is 3.34. The van der Waals surface area contributed by atoms with Gasteiger partial charge in [0.05, 0.1) is 5.60 Å². The number of aliphatic hydroxyl groups is 1. The van der Waals surface area contributed by atoms with E-state index in [2.05, 4.69) is 20.8 Å². The number of aliphatic carboxylic acids is 2. The molecule has 3 N–H and O–H groups in total. The SMILES string of the molecule is C/C(=C/CC[C@@H](C)[C@H]1CC[C@@]2(C)C3CC[C@@H](C(C)(C)O)[C@@]4(CCC(=O)O)C[C@@]34CC[C@]12C)C(=O)O. The second-order valence-corrected chi connectivity index (χ2v) is 13.9. The van der Waals surface area contributed by atoms with Gasteiger partial charge in [-0.05, 0) is 130 Å². The van der Waals surface area contributed by atoms with E-state index >= 15 is 0 Å². The molecule has 1 spiro atoms. The highest BCUT2D eigenvalue weighted by Gasteiger charge is 2.81. The molecule has 0 saturated heterocycles. The number of hydrogen-bond donors (Lipinski definition) is 3. The summed E-state index contributed by atoms with van der Waals surface area (Å²) < 4.78 is 0. The first-order valence-corrected chi connectivity index (χ1v) is 14.0. The Bertz CT molecular complexity index is 901. The lowest BCUT2D eigenvalue weighted by atomic mass is 9.43. The quantitative estimate of drug-likeness (QED) is 0.314. The largest absolute Gasteiger partial charge is 0.481 e. The second-order valence-electron chi connectivity index (χ2n) is 13.9. The third-order valence-corrected chi connectivity index (χ3v) is 12.3. The Balaban J connectivity index is 1.58. The first-order valence-electron chi connectivity index (χ1n) is 14.0. The number of carbonyl (C=O) groups is 2. The van der Waals surface area contributed by atoms with Gasteiger partial charge in [0.15, 0.2) is 0 Å². The highest BCUT2D eigenvalue weighted by atomic mass is 16.4. The monoisotopic (exact) mass is 488 g/mol. The fourth-order valence-electron chi connectivity index (χ4n) is 10.4. The second kappa shape index (κ2) is 8.60. The van der Waals surface area contributed by atoms with Crippen molar-refractivity contribution in [1.82, 2.24) is 0 Å². The predicted octanol–water partition coefficient (Wildman–Crippen LogP) is 6.69. The maximum atomic E-state index is 11.6. The summed E-state index contributed by atoms with van der Waals surface area (Å²) in [7, 11) is 0. The number of allylic oxidation sites excluding steroid dienone is 1. The minimum Gasteiger partial charge on any atom is -0.481 e. The maximum absolute atomic E-state index is 11.6. The zero-order valence-electron chi connectivity index (χ0n) is 22.8. The summed E-state index contributed by atoms with van der Waals surface area (Å²) in [5.41, 5.74) is 0.333. The number of hydrogen-bond acceptors (Lipinski definition) is 3. The van der Waals surface area contributed by atoms with E-state index in [4.69, 9.17) is 5.11 Å². The highest BCUT2D eigenvalue weighted by Crippen LogP contribution is 2.87. The number of carboxylic acid groups (broad SMARTS) is 2. The first kappa shape index (κ1) is 26.7. The van der Waals surface area contributed by atoms with Gasteiger partial charge in [-0.2, -0.15) is 0 Å². The Morgan fingerprint density at radius 2 is 1.74 bits per heavy atom. The standard InChI is InChI=1S/C30H48O5/c1-19(8-7-9-20(2)25(33)34)21-12-14-28(6)23-11-10-22(26(3,4)35)29(15-13-24(31)32)18-30(23,29)17-16-27(21,28)5/h9,19,21-23,35H,7-8,10-18H2,1-6H3,(H,31,32)(H,33,34)/b20-9-/t19-,21-,22+,23?,27-,28+,29-,30+/m1/s1. The van der Waals surface area contributed by atoms with Crippen LogP contribution in [-0.2, 0) is 9.59 Å². The van der Waals surface area contributed by atoms with Gasteiger partial charge in [0.1, 0.15) is 0 Å². The summed E-state index contributed by atoms with van der Waals surface area (Å²) >= 11 is 0. The van der Waals surface area contributed by atoms with Crippen LogP contribution in [0.15, 0.2) is 11.6 Å². The van der Waals surface area contributed by atoms with Crippen LogP contribution in [0.1, 0.15) is 112 Å². The van der Waals surface area contributed by atoms with Gasteiger partial charge >= 0.3 is 11.9 Å². The third-order valence-electron chi connectivity index (χ3n) is 12.3. The van der Waals surface area contributed by atoms with Crippen molar-refractivity contribution in [2.24, 2.45) is 45.3 Å². The predicted molar refractivity (Wildman–Crippen MR) is 137 cm³/mol. The molecule has 8 atom stereocenters. The van der Waals surface area contributed by atoms with Crippen LogP contribution in [0.2, 0.25) is 0 Å². The molecule has 0 aromatic rings. The van der Waals surface area contributed by atoms with E-state index in [-0.39, 0.29) is 34.0 Å². The zero-order valence-corrected chi connectivity index (χ0v) is 22.8. The van der Waals surface area contributed by atoms with Gasteiger partial charge in [0, 0.05) is 12.0 Å². The van der Waals surface area contributed by atoms with Crippen molar-refractivity contribution in [3.8, 4) is 0 Å². The fourth-order valence-corrected chi connectivity index (χ4v) is 10.4. The molecule has 0 amide bonds. The Labute approximate surface area is 211 Å². The Kier molecular flexibility index (Phi) is 6.56. The summed E-state index contributed by atoms with van der Waals surface area (Å²) in [6.07, 6.45) is 12.7. The molecule has 198 valence electrons. The minimum absolute atomic E-state index is 0.0280. The molecule has 4 saturated carbocycles. The molecule has 0 bridgehead atoms. The Morgan fingerprint density at radius 3 is 2.34 bits per heavy atom. The van der Waals surface area contributed by atoms with Crippen molar-refractivity contribution in [3.05, 3.63) is 11.6 Å². The summed E-state index contributed by atoms with van der Waals surface area (Å²) in [6, 6.07) is 0. The molecule has 35 heavy (non-hydrogen) atoms. The van der Waals surface area contributed by atoms with Crippen LogP contribution in [-0.4, -0.2) is 32.9 Å². The van der Waals surface area contributed by atoms with Crippen molar-refractivity contribution in [3.63, 3.8) is 0 Å². The molecule has 5 nitrogen and oxygen atoms in total. The lowest BCUT2D eigenvalue weighted by molar-refractivity contribution is -0.150. The van der Waals surface area contributed by atoms with E-state index in [1.807, 2.05) is 19.9 Å². The molecule has 0 aliphatic heterocycles. The van der Waals surface area contributed by atoms with Crippen LogP contribution in [0.25, 0.3) is 0 Å². The topological polar surface area (TPSA) is 94.8 Å². The van der Waals surface area contributed by atoms with E-state index in [0.717, 1.165) is 38.5 Å². The van der Waals surface area contributed by atoms with Crippen LogP contribution >= 0.6 is 0 Å². The third kappa shape index (κ3) is 3.90. The number of rotatable bonds is 9. The lowest BCUT2D eigenvalue weighted by Crippen LogP contribution is -2.56. The highest BCUT2D eigenvalue weighted by molar-refractivity contribution is 5.85. The smallest absolute Gasteiger partial charge is 0.330 e. The minimum atomic E-state index is -0.826. The summed E-state index contributed by atoms with van der Waals surface area (Å²) in [6.45, 7) is 13.0. The fraction of sp³-hybridized carbons (Fsp3) is 0.867. The summed E-state index contributed by atoms with van der Waals surface area (Å²) in [5.74, 6) is 0.436. The lowest BCUT2D eigenvalue weighted by Gasteiger charge is -2.61. The van der Waals surface area contributed by atoms with Crippen molar-refractivity contribution < 1.29 is 24.9 Å². The molecule has 4 rings (SSSR count). The molecule has 0 aromatic carbocycles. The van der Waals surface area contributed by atoms with E-state index in [1.165, 1.54) is 19.3 Å². The van der Waals surface area contributed by atoms with Gasteiger partial charge < -0.3 is 15.3 Å². The van der Waals surface area contributed by atoms with Crippen LogP contribution in [0.5, 0.6) is 0 Å². The first-order chi connectivity index (χ1) is 16.1. The molecule has 0 aromatic heterocycles. The Hall–Kier alpha value is -1.36. The molecule has 0 radical (unpaired) electrons. The van der Waals surface area contributed by atoms with E-state index in [0.29, 0.717) is 29.7 Å². The number of fused-ring (bicyclic) bond motifs is 2. The molecular formula is C30H48O5. The van der Waals surface area contributed by atoms with E-state index in [9.17, 15) is 19.8 Å². The maximum Gasteiger partial charge on any atom is 0.330 e. The Morgan fingerprint density at radius 1 is 1.06 bits per heavy atom. The molecule has 0 heterocycles. The zero-order chi connectivity index (χ0) is 26.0. The molecule has 4 fully saturated rings. The van der Waals surface area contributed by atoms with Gasteiger partial charge in [-0.15, -0.1) is 0 Å². The van der Waals surface area contributed by atoms with Gasteiger partial charge in [0.2, 0.25) is 0 Å². The van der Waals surface area contributed by atoms with Crippen molar-refractivity contribution in [1.29, 1.82) is 0 Å². The van der Waals surface area contributed by atoms with E-state index in [1.54, 1.807) is 6.92 Å². The summed E-state index contributed by atoms with van der Waals surface area (Å²) in [4.78, 5) is 22.8. The number of carboxylic acids is 2. The van der Waals surface area contributed by atoms with E-state index < -0.39 is 17.5 Å². The van der Waals surface area contributed by atoms with Crippen LogP contribution in [0.3, 0.4) is 0 Å².